The Balaban J connectivity index is 2.18. The van der Waals surface area contributed by atoms with Gasteiger partial charge in [-0.1, -0.05) is 24.3 Å². The lowest BCUT2D eigenvalue weighted by Crippen LogP contribution is -2.03. The molecule has 0 unspecified atom stereocenters. The van der Waals surface area contributed by atoms with Gasteiger partial charge in [0.25, 0.3) is 0 Å². The zero-order valence-electron chi connectivity index (χ0n) is 13.3. The van der Waals surface area contributed by atoms with Gasteiger partial charge in [0.15, 0.2) is 11.5 Å². The third-order valence-electron chi connectivity index (χ3n) is 4.23. The number of anilines is 1. The average Bonchev–Trinajstić information content (AvgIpc) is 2.86. The first-order valence-corrected chi connectivity index (χ1v) is 7.54. The molecule has 0 aliphatic carbocycles. The zero-order valence-corrected chi connectivity index (χ0v) is 13.3. The SMILES string of the molecule is Cc1cccnc1-n1nc(C)c2c(N)c3cccc(C)c3nc21. The second-order valence-electron chi connectivity index (χ2n) is 5.84. The first kappa shape index (κ1) is 13.7. The van der Waals surface area contributed by atoms with Gasteiger partial charge in [0.1, 0.15) is 0 Å². The Labute approximate surface area is 133 Å². The highest BCUT2D eigenvalue weighted by atomic mass is 15.3. The Morgan fingerprint density at radius 1 is 1.00 bits per heavy atom. The fourth-order valence-corrected chi connectivity index (χ4v) is 3.05. The molecule has 0 spiro atoms. The van der Waals surface area contributed by atoms with Crippen LogP contribution < -0.4 is 5.73 Å². The lowest BCUT2D eigenvalue weighted by Gasteiger charge is -2.08. The Kier molecular flexibility index (Phi) is 2.84. The fraction of sp³-hybridized carbons (Fsp3) is 0.167. The average molecular weight is 303 g/mol. The molecule has 0 saturated heterocycles. The van der Waals surface area contributed by atoms with E-state index in [1.165, 1.54) is 0 Å². The van der Waals surface area contributed by atoms with Crippen molar-refractivity contribution in [2.75, 3.05) is 5.73 Å². The highest BCUT2D eigenvalue weighted by molar-refractivity contribution is 6.07. The molecule has 5 heteroatoms. The second-order valence-corrected chi connectivity index (χ2v) is 5.84. The van der Waals surface area contributed by atoms with Gasteiger partial charge >= 0.3 is 0 Å². The molecule has 3 aromatic heterocycles. The topological polar surface area (TPSA) is 69.6 Å². The number of hydrogen-bond donors (Lipinski definition) is 1. The predicted molar refractivity (Wildman–Crippen MR) is 92.8 cm³/mol. The van der Waals surface area contributed by atoms with Gasteiger partial charge in [-0.3, -0.25) is 0 Å². The Morgan fingerprint density at radius 3 is 2.57 bits per heavy atom. The van der Waals surface area contributed by atoms with Crippen LogP contribution in [-0.4, -0.2) is 19.7 Å². The molecule has 4 rings (SSSR count). The van der Waals surface area contributed by atoms with Crippen LogP contribution >= 0.6 is 0 Å². The van der Waals surface area contributed by atoms with Crippen molar-refractivity contribution >= 4 is 27.6 Å². The number of hydrogen-bond acceptors (Lipinski definition) is 4. The van der Waals surface area contributed by atoms with Crippen LogP contribution in [0.2, 0.25) is 0 Å². The van der Waals surface area contributed by atoms with Crippen molar-refractivity contribution in [3.05, 3.63) is 53.3 Å². The molecule has 5 nitrogen and oxygen atoms in total. The number of fused-ring (bicyclic) bond motifs is 2. The summed E-state index contributed by atoms with van der Waals surface area (Å²) in [5.41, 5.74) is 11.8. The summed E-state index contributed by atoms with van der Waals surface area (Å²) in [5.74, 6) is 0.783. The summed E-state index contributed by atoms with van der Waals surface area (Å²) in [6.07, 6.45) is 1.76. The van der Waals surface area contributed by atoms with Crippen LogP contribution in [-0.2, 0) is 0 Å². The van der Waals surface area contributed by atoms with E-state index in [9.17, 15) is 0 Å². The van der Waals surface area contributed by atoms with Crippen molar-refractivity contribution in [2.24, 2.45) is 0 Å². The standard InChI is InChI=1S/C18H17N5/c1-10-6-4-8-13-15(19)14-12(3)22-23(18(14)21-16(10)13)17-11(2)7-5-9-20-17/h4-9H,1-3H3,(H2,19,21). The first-order valence-electron chi connectivity index (χ1n) is 7.54. The van der Waals surface area contributed by atoms with E-state index < -0.39 is 0 Å². The van der Waals surface area contributed by atoms with E-state index in [4.69, 9.17) is 10.7 Å². The summed E-state index contributed by atoms with van der Waals surface area (Å²) in [7, 11) is 0. The maximum absolute atomic E-state index is 6.44. The van der Waals surface area contributed by atoms with Crippen molar-refractivity contribution in [3.8, 4) is 5.82 Å². The van der Waals surface area contributed by atoms with Crippen molar-refractivity contribution in [3.63, 3.8) is 0 Å². The molecule has 0 aliphatic rings. The van der Waals surface area contributed by atoms with Crippen molar-refractivity contribution in [2.45, 2.75) is 20.8 Å². The Bertz CT molecular complexity index is 1060. The number of pyridine rings is 2. The second kappa shape index (κ2) is 4.78. The molecular formula is C18H17N5. The number of nitrogen functional groups attached to an aromatic ring is 1. The van der Waals surface area contributed by atoms with Crippen LogP contribution in [0.5, 0.6) is 0 Å². The molecule has 23 heavy (non-hydrogen) atoms. The summed E-state index contributed by atoms with van der Waals surface area (Å²) in [6, 6.07) is 9.98. The van der Waals surface area contributed by atoms with Crippen LogP contribution in [0.15, 0.2) is 36.5 Å². The number of aryl methyl sites for hydroxylation is 3. The van der Waals surface area contributed by atoms with Crippen LogP contribution in [0.1, 0.15) is 16.8 Å². The number of nitrogens with two attached hydrogens (primary N) is 1. The lowest BCUT2D eigenvalue weighted by molar-refractivity contribution is 0.840. The molecule has 0 saturated carbocycles. The van der Waals surface area contributed by atoms with Crippen LogP contribution in [0.25, 0.3) is 27.8 Å². The van der Waals surface area contributed by atoms with Gasteiger partial charge in [0, 0.05) is 11.6 Å². The molecule has 0 atom stereocenters. The lowest BCUT2D eigenvalue weighted by atomic mass is 10.1. The third-order valence-corrected chi connectivity index (χ3v) is 4.23. The van der Waals surface area contributed by atoms with Gasteiger partial charge in [-0.05, 0) is 38.0 Å². The van der Waals surface area contributed by atoms with Crippen LogP contribution in [0.4, 0.5) is 5.69 Å². The molecule has 0 fully saturated rings. The summed E-state index contributed by atoms with van der Waals surface area (Å²) >= 11 is 0. The monoisotopic (exact) mass is 303 g/mol. The van der Waals surface area contributed by atoms with Gasteiger partial charge in [-0.15, -0.1) is 0 Å². The van der Waals surface area contributed by atoms with Gasteiger partial charge in [0.2, 0.25) is 0 Å². The minimum absolute atomic E-state index is 0.728. The number of aromatic nitrogens is 4. The van der Waals surface area contributed by atoms with Gasteiger partial charge in [-0.25, -0.2) is 9.97 Å². The predicted octanol–water partition coefficient (Wildman–Crippen LogP) is 3.48. The summed E-state index contributed by atoms with van der Waals surface area (Å²) in [4.78, 5) is 9.32. The van der Waals surface area contributed by atoms with E-state index in [-0.39, 0.29) is 0 Å². The van der Waals surface area contributed by atoms with E-state index in [1.54, 1.807) is 10.9 Å². The smallest absolute Gasteiger partial charge is 0.167 e. The first-order chi connectivity index (χ1) is 11.1. The van der Waals surface area contributed by atoms with Crippen molar-refractivity contribution < 1.29 is 0 Å². The van der Waals surface area contributed by atoms with E-state index in [2.05, 4.69) is 10.1 Å². The molecule has 3 heterocycles. The fourth-order valence-electron chi connectivity index (χ4n) is 3.05. The van der Waals surface area contributed by atoms with Crippen molar-refractivity contribution in [1.29, 1.82) is 0 Å². The molecule has 114 valence electrons. The molecule has 0 radical (unpaired) electrons. The molecular weight excluding hydrogens is 286 g/mol. The van der Waals surface area contributed by atoms with Crippen molar-refractivity contribution in [1.82, 2.24) is 19.7 Å². The highest BCUT2D eigenvalue weighted by Gasteiger charge is 2.18. The van der Waals surface area contributed by atoms with Gasteiger partial charge in [0.05, 0.1) is 22.3 Å². The zero-order chi connectivity index (χ0) is 16.1. The molecule has 0 amide bonds. The summed E-state index contributed by atoms with van der Waals surface area (Å²) in [5, 5.41) is 6.51. The van der Waals surface area contributed by atoms with Gasteiger partial charge < -0.3 is 5.73 Å². The number of para-hydroxylation sites is 1. The third kappa shape index (κ3) is 1.90. The largest absolute Gasteiger partial charge is 0.398 e. The quantitative estimate of drug-likeness (QED) is 0.584. The molecule has 2 N–H and O–H groups in total. The number of nitrogens with zero attached hydrogens (tertiary/aromatic N) is 4. The summed E-state index contributed by atoms with van der Waals surface area (Å²) < 4.78 is 1.79. The minimum atomic E-state index is 0.728. The molecule has 4 aromatic rings. The van der Waals surface area contributed by atoms with Crippen LogP contribution in [0.3, 0.4) is 0 Å². The Hall–Kier alpha value is -2.95. The van der Waals surface area contributed by atoms with E-state index in [0.29, 0.717) is 0 Å². The molecule has 0 aliphatic heterocycles. The molecule has 1 aromatic carbocycles. The number of rotatable bonds is 1. The van der Waals surface area contributed by atoms with Gasteiger partial charge in [-0.2, -0.15) is 9.78 Å². The van der Waals surface area contributed by atoms with Crippen LogP contribution in [0, 0.1) is 20.8 Å². The van der Waals surface area contributed by atoms with E-state index in [1.807, 2.05) is 51.1 Å². The maximum atomic E-state index is 6.44. The minimum Gasteiger partial charge on any atom is -0.398 e. The van der Waals surface area contributed by atoms with E-state index in [0.717, 1.165) is 50.3 Å². The maximum Gasteiger partial charge on any atom is 0.167 e. The highest BCUT2D eigenvalue weighted by Crippen LogP contribution is 2.32. The molecule has 0 bridgehead atoms. The number of benzene rings is 1. The normalized spacial score (nSPS) is 11.4. The summed E-state index contributed by atoms with van der Waals surface area (Å²) in [6.45, 7) is 6.01. The Morgan fingerprint density at radius 2 is 1.78 bits per heavy atom. The van der Waals surface area contributed by atoms with E-state index >= 15 is 0 Å².